The highest BCUT2D eigenvalue weighted by Gasteiger charge is 2.26. The summed E-state index contributed by atoms with van der Waals surface area (Å²) < 4.78 is 34.5. The van der Waals surface area contributed by atoms with Crippen molar-refractivity contribution in [3.8, 4) is 22.7 Å². The van der Waals surface area contributed by atoms with Crippen molar-refractivity contribution in [3.05, 3.63) is 103 Å². The molecule has 4 rings (SSSR count). The third-order valence-corrected chi connectivity index (χ3v) is 7.51. The third kappa shape index (κ3) is 5.96. The fourth-order valence-corrected chi connectivity index (χ4v) is 5.10. The molecule has 0 aliphatic rings. The van der Waals surface area contributed by atoms with Gasteiger partial charge in [-0.2, -0.15) is 4.31 Å². The van der Waals surface area contributed by atoms with Crippen LogP contribution in [0.4, 0.5) is 5.95 Å². The van der Waals surface area contributed by atoms with Gasteiger partial charge in [-0.15, -0.1) is 6.58 Å². The molecule has 1 N–H and O–H groups in total. The topological polar surface area (TPSA) is 93.5 Å². The first-order valence-corrected chi connectivity index (χ1v) is 13.0. The lowest BCUT2D eigenvalue weighted by molar-refractivity contribution is -0.116. The molecular formula is C28H28N4O4S. The standard InChI is InChI=1S/C28H28N4O4S/c1-4-18-31(37(34,35)25-16-14-24(36-3)15-17-25)20-27(33)30-28-29-26(22-8-6-5-7-9-22)19-32(28)23-12-10-21(2)11-13-23/h4-17,19H,1,18,20H2,2-3H3,(H,29,30,33). The molecule has 1 heterocycles. The fourth-order valence-electron chi connectivity index (χ4n) is 3.73. The molecular weight excluding hydrogens is 488 g/mol. The largest absolute Gasteiger partial charge is 0.497 e. The Hall–Kier alpha value is -4.21. The number of aromatic nitrogens is 2. The number of anilines is 1. The van der Waals surface area contributed by atoms with E-state index in [0.717, 1.165) is 21.1 Å². The summed E-state index contributed by atoms with van der Waals surface area (Å²) in [6, 6.07) is 23.4. The van der Waals surface area contributed by atoms with Crippen molar-refractivity contribution in [2.45, 2.75) is 11.8 Å². The second-order valence-corrected chi connectivity index (χ2v) is 10.3. The van der Waals surface area contributed by atoms with Crippen LogP contribution >= 0.6 is 0 Å². The fraction of sp³-hybridized carbons (Fsp3) is 0.143. The maximum atomic E-state index is 13.3. The minimum absolute atomic E-state index is 0.0382. The van der Waals surface area contributed by atoms with Gasteiger partial charge in [0.25, 0.3) is 0 Å². The predicted molar refractivity (Wildman–Crippen MR) is 144 cm³/mol. The second kappa shape index (κ2) is 11.2. The molecule has 0 saturated heterocycles. The number of methoxy groups -OCH3 is 1. The average molecular weight is 517 g/mol. The van der Waals surface area contributed by atoms with Crippen LogP contribution in [0.2, 0.25) is 0 Å². The first-order valence-electron chi connectivity index (χ1n) is 11.6. The van der Waals surface area contributed by atoms with Crippen molar-refractivity contribution in [3.63, 3.8) is 0 Å². The number of aryl methyl sites for hydroxylation is 1. The van der Waals surface area contributed by atoms with Gasteiger partial charge in [0.1, 0.15) is 5.75 Å². The molecule has 0 aliphatic heterocycles. The number of amides is 1. The Labute approximate surface area is 216 Å². The summed E-state index contributed by atoms with van der Waals surface area (Å²) in [5, 5.41) is 2.80. The van der Waals surface area contributed by atoms with Gasteiger partial charge in [-0.05, 0) is 43.3 Å². The number of nitrogens with zero attached hydrogens (tertiary/aromatic N) is 3. The lowest BCUT2D eigenvalue weighted by Gasteiger charge is -2.20. The molecule has 0 bridgehead atoms. The summed E-state index contributed by atoms with van der Waals surface area (Å²) in [5.74, 6) is 0.287. The highest BCUT2D eigenvalue weighted by atomic mass is 32.2. The zero-order valence-corrected chi connectivity index (χ0v) is 21.5. The van der Waals surface area contributed by atoms with Crippen LogP contribution in [-0.4, -0.2) is 48.4 Å². The van der Waals surface area contributed by atoms with Crippen LogP contribution in [0.25, 0.3) is 16.9 Å². The minimum Gasteiger partial charge on any atom is -0.497 e. The summed E-state index contributed by atoms with van der Waals surface area (Å²) in [4.78, 5) is 17.8. The van der Waals surface area contributed by atoms with Gasteiger partial charge >= 0.3 is 0 Å². The number of benzene rings is 3. The maximum absolute atomic E-state index is 13.3. The Kier molecular flexibility index (Phi) is 7.86. The van der Waals surface area contributed by atoms with E-state index in [-0.39, 0.29) is 17.4 Å². The van der Waals surface area contributed by atoms with Crippen LogP contribution < -0.4 is 10.1 Å². The Morgan fingerprint density at radius 1 is 1.05 bits per heavy atom. The molecule has 8 nitrogen and oxygen atoms in total. The van der Waals surface area contributed by atoms with Gasteiger partial charge in [0.15, 0.2) is 0 Å². The van der Waals surface area contributed by atoms with Crippen LogP contribution in [0.5, 0.6) is 5.75 Å². The van der Waals surface area contributed by atoms with Crippen LogP contribution in [0.15, 0.2) is 103 Å². The zero-order valence-electron chi connectivity index (χ0n) is 20.7. The van der Waals surface area contributed by atoms with E-state index in [9.17, 15) is 13.2 Å². The molecule has 0 atom stereocenters. The Morgan fingerprint density at radius 2 is 1.73 bits per heavy atom. The van der Waals surface area contributed by atoms with Gasteiger partial charge in [-0.3, -0.25) is 14.7 Å². The summed E-state index contributed by atoms with van der Waals surface area (Å²) >= 11 is 0. The van der Waals surface area contributed by atoms with Crippen molar-refractivity contribution in [2.24, 2.45) is 0 Å². The number of nitrogens with one attached hydrogen (secondary N) is 1. The van der Waals surface area contributed by atoms with Gasteiger partial charge in [0.05, 0.1) is 24.2 Å². The number of carbonyl (C=O) groups excluding carboxylic acids is 1. The number of hydrogen-bond donors (Lipinski definition) is 1. The van der Waals surface area contributed by atoms with E-state index in [1.807, 2.05) is 67.7 Å². The Balaban J connectivity index is 1.62. The number of imidazole rings is 1. The molecule has 0 aliphatic carbocycles. The third-order valence-electron chi connectivity index (χ3n) is 5.69. The van der Waals surface area contributed by atoms with E-state index in [2.05, 4.69) is 16.9 Å². The van der Waals surface area contributed by atoms with E-state index < -0.39 is 22.5 Å². The number of hydrogen-bond acceptors (Lipinski definition) is 5. The first-order chi connectivity index (χ1) is 17.8. The predicted octanol–water partition coefficient (Wildman–Crippen LogP) is 4.67. The maximum Gasteiger partial charge on any atom is 0.243 e. The molecule has 0 spiro atoms. The van der Waals surface area contributed by atoms with Crippen molar-refractivity contribution < 1.29 is 17.9 Å². The normalized spacial score (nSPS) is 11.3. The van der Waals surface area contributed by atoms with Gasteiger partial charge in [0, 0.05) is 24.0 Å². The number of rotatable bonds is 10. The van der Waals surface area contributed by atoms with Crippen LogP contribution in [0.3, 0.4) is 0 Å². The quantitative estimate of drug-likeness (QED) is 0.309. The summed E-state index contributed by atoms with van der Waals surface area (Å²) in [5.41, 5.74) is 3.47. The smallest absolute Gasteiger partial charge is 0.243 e. The molecule has 190 valence electrons. The summed E-state index contributed by atoms with van der Waals surface area (Å²) in [7, 11) is -2.46. The lowest BCUT2D eigenvalue weighted by atomic mass is 10.2. The number of sulfonamides is 1. The molecule has 0 radical (unpaired) electrons. The lowest BCUT2D eigenvalue weighted by Crippen LogP contribution is -2.38. The minimum atomic E-state index is -3.96. The van der Waals surface area contributed by atoms with Gasteiger partial charge in [0.2, 0.25) is 21.9 Å². The van der Waals surface area contributed by atoms with E-state index >= 15 is 0 Å². The van der Waals surface area contributed by atoms with E-state index in [0.29, 0.717) is 11.4 Å². The van der Waals surface area contributed by atoms with Crippen LogP contribution in [-0.2, 0) is 14.8 Å². The Morgan fingerprint density at radius 3 is 2.35 bits per heavy atom. The number of carbonyl (C=O) groups is 1. The van der Waals surface area contributed by atoms with E-state index in [1.54, 1.807) is 16.7 Å². The number of ether oxygens (including phenoxy) is 1. The van der Waals surface area contributed by atoms with Crippen molar-refractivity contribution in [1.29, 1.82) is 0 Å². The second-order valence-electron chi connectivity index (χ2n) is 8.33. The molecule has 9 heteroatoms. The molecule has 1 aromatic heterocycles. The van der Waals surface area contributed by atoms with Gasteiger partial charge in [-0.1, -0.05) is 54.1 Å². The van der Waals surface area contributed by atoms with Gasteiger partial charge < -0.3 is 4.74 Å². The molecule has 4 aromatic rings. The molecule has 37 heavy (non-hydrogen) atoms. The SMILES string of the molecule is C=CCN(CC(=O)Nc1nc(-c2ccccc2)cn1-c1ccc(C)cc1)S(=O)(=O)c1ccc(OC)cc1. The highest BCUT2D eigenvalue weighted by Crippen LogP contribution is 2.25. The van der Waals surface area contributed by atoms with Crippen molar-refractivity contribution in [2.75, 3.05) is 25.5 Å². The molecule has 1 amide bonds. The first kappa shape index (κ1) is 25.9. The van der Waals surface area contributed by atoms with Crippen LogP contribution in [0.1, 0.15) is 5.56 Å². The molecule has 3 aromatic carbocycles. The summed E-state index contributed by atoms with van der Waals surface area (Å²) in [6.45, 7) is 5.19. The van der Waals surface area contributed by atoms with Gasteiger partial charge in [-0.25, -0.2) is 13.4 Å². The average Bonchev–Trinajstić information content (AvgIpc) is 3.33. The van der Waals surface area contributed by atoms with Crippen molar-refractivity contribution in [1.82, 2.24) is 13.9 Å². The molecule has 0 fully saturated rings. The van der Waals surface area contributed by atoms with E-state index in [1.165, 1.54) is 25.3 Å². The molecule has 0 saturated carbocycles. The van der Waals surface area contributed by atoms with Crippen LogP contribution in [0, 0.1) is 6.92 Å². The van der Waals surface area contributed by atoms with Crippen molar-refractivity contribution >= 4 is 21.9 Å². The van der Waals surface area contributed by atoms with E-state index in [4.69, 9.17) is 4.74 Å². The highest BCUT2D eigenvalue weighted by molar-refractivity contribution is 7.89. The monoisotopic (exact) mass is 516 g/mol. The summed E-state index contributed by atoms with van der Waals surface area (Å²) in [6.07, 6.45) is 3.28. The zero-order chi connectivity index (χ0) is 26.4. The Bertz CT molecular complexity index is 1480. The molecule has 0 unspecified atom stereocenters.